The van der Waals surface area contributed by atoms with Crippen LogP contribution in [-0.4, -0.2) is 39.7 Å². The highest BCUT2D eigenvalue weighted by Gasteiger charge is 2.46. The smallest absolute Gasteiger partial charge is 0.274 e. The molecule has 0 bridgehead atoms. The fraction of sp³-hybridized carbons (Fsp3) is 0.429. The van der Waals surface area contributed by atoms with E-state index in [1.165, 1.54) is 31.4 Å². The van der Waals surface area contributed by atoms with Crippen molar-refractivity contribution in [1.29, 1.82) is 0 Å². The van der Waals surface area contributed by atoms with Crippen molar-refractivity contribution >= 4 is 29.1 Å². The van der Waals surface area contributed by atoms with Gasteiger partial charge in [0.25, 0.3) is 5.91 Å². The van der Waals surface area contributed by atoms with Crippen molar-refractivity contribution in [3.05, 3.63) is 63.1 Å². The van der Waals surface area contributed by atoms with Gasteiger partial charge in [0.15, 0.2) is 0 Å². The number of likely N-dealkylation sites (N-methyl/N-ethyl adjacent to an activating group) is 1. The number of benzene rings is 1. The highest BCUT2D eigenvalue weighted by molar-refractivity contribution is 6.34. The molecule has 4 nitrogen and oxygen atoms in total. The second kappa shape index (κ2) is 9.12. The van der Waals surface area contributed by atoms with Gasteiger partial charge in [-0.2, -0.15) is 0 Å². The van der Waals surface area contributed by atoms with Gasteiger partial charge in [-0.1, -0.05) is 35.3 Å². The van der Waals surface area contributed by atoms with Gasteiger partial charge in [-0.15, -0.1) is 0 Å². The number of carbonyl (C=O) groups excluding carboxylic acids is 1. The van der Waals surface area contributed by atoms with Gasteiger partial charge in [0, 0.05) is 18.8 Å². The summed E-state index contributed by atoms with van der Waals surface area (Å²) in [7, 11) is 1.40. The van der Waals surface area contributed by atoms with E-state index < -0.39 is 36.2 Å². The average molecular weight is 461 g/mol. The van der Waals surface area contributed by atoms with E-state index in [-0.39, 0.29) is 52.5 Å². The van der Waals surface area contributed by atoms with E-state index in [1.54, 1.807) is 0 Å². The lowest BCUT2D eigenvalue weighted by atomic mass is 9.75. The van der Waals surface area contributed by atoms with Gasteiger partial charge in [0.2, 0.25) is 0 Å². The number of rotatable bonds is 5. The van der Waals surface area contributed by atoms with Gasteiger partial charge in [0.1, 0.15) is 24.4 Å². The first-order valence-electron chi connectivity index (χ1n) is 9.46. The molecule has 162 valence electrons. The number of hydrogen-bond donors (Lipinski definition) is 1. The fourth-order valence-electron chi connectivity index (χ4n) is 3.97. The molecule has 30 heavy (non-hydrogen) atoms. The molecule has 0 saturated heterocycles. The lowest BCUT2D eigenvalue weighted by molar-refractivity contribution is -0.0722. The van der Waals surface area contributed by atoms with Crippen LogP contribution < -0.4 is 0 Å². The van der Waals surface area contributed by atoms with Crippen LogP contribution in [0.4, 0.5) is 13.2 Å². The Hall–Kier alpha value is -1.83. The minimum Gasteiger partial charge on any atom is -0.387 e. The van der Waals surface area contributed by atoms with Gasteiger partial charge in [0.05, 0.1) is 21.7 Å². The molecule has 1 aromatic carbocycles. The molecule has 1 saturated carbocycles. The summed E-state index contributed by atoms with van der Waals surface area (Å²) in [6, 6.07) is 4.35. The first kappa shape index (κ1) is 22.8. The Labute approximate surface area is 182 Å². The van der Waals surface area contributed by atoms with Crippen LogP contribution in [0.1, 0.15) is 53.3 Å². The fourth-order valence-corrected chi connectivity index (χ4v) is 4.44. The standard InChI is InChI=1S/C21H21Cl2F3N2O2/c1-28(20(29)18-16(22)12(11-24)7-10-27-18)19(14-3-2-4-15(26)17(14)23)21(30)8-5-13(25)6-9-21/h2-4,7,10,13,19,30H,5-6,8-9,11H2,1H3. The Balaban J connectivity index is 2.08. The Morgan fingerprint density at radius 1 is 1.30 bits per heavy atom. The van der Waals surface area contributed by atoms with Crippen molar-refractivity contribution in [3.8, 4) is 0 Å². The van der Waals surface area contributed by atoms with Crippen LogP contribution in [0.3, 0.4) is 0 Å². The van der Waals surface area contributed by atoms with Gasteiger partial charge in [-0.3, -0.25) is 4.79 Å². The normalized spacial score (nSPS) is 22.6. The number of hydrogen-bond acceptors (Lipinski definition) is 3. The molecule has 1 aliphatic carbocycles. The minimum atomic E-state index is -1.55. The molecular formula is C21H21Cl2F3N2O2. The van der Waals surface area contributed by atoms with Crippen LogP contribution in [0, 0.1) is 5.82 Å². The van der Waals surface area contributed by atoms with Gasteiger partial charge < -0.3 is 10.0 Å². The number of carbonyl (C=O) groups is 1. The van der Waals surface area contributed by atoms with E-state index in [9.17, 15) is 23.1 Å². The molecule has 1 amide bonds. The summed E-state index contributed by atoms with van der Waals surface area (Å²) in [6.07, 6.45) is 0.488. The second-order valence-corrected chi connectivity index (χ2v) is 8.26. The maximum atomic E-state index is 14.2. The molecule has 9 heteroatoms. The van der Waals surface area contributed by atoms with Crippen LogP contribution in [-0.2, 0) is 6.67 Å². The van der Waals surface area contributed by atoms with Crippen molar-refractivity contribution < 1.29 is 23.1 Å². The molecule has 3 rings (SSSR count). The molecule has 1 heterocycles. The summed E-state index contributed by atoms with van der Waals surface area (Å²) in [4.78, 5) is 18.4. The van der Waals surface area contributed by atoms with Crippen LogP contribution in [0.2, 0.25) is 10.0 Å². The number of nitrogens with zero attached hydrogens (tertiary/aromatic N) is 2. The van der Waals surface area contributed by atoms with Crippen molar-refractivity contribution in [1.82, 2.24) is 9.88 Å². The summed E-state index contributed by atoms with van der Waals surface area (Å²) in [5, 5.41) is 11.0. The molecule has 1 aromatic heterocycles. The quantitative estimate of drug-likeness (QED) is 0.644. The van der Waals surface area contributed by atoms with E-state index in [0.717, 1.165) is 11.0 Å². The molecule has 1 fully saturated rings. The van der Waals surface area contributed by atoms with Crippen LogP contribution in [0.25, 0.3) is 0 Å². The molecular weight excluding hydrogens is 440 g/mol. The third-order valence-electron chi connectivity index (χ3n) is 5.59. The predicted octanol–water partition coefficient (Wildman–Crippen LogP) is 5.45. The summed E-state index contributed by atoms with van der Waals surface area (Å²) >= 11 is 12.3. The van der Waals surface area contributed by atoms with Crippen molar-refractivity contribution in [3.63, 3.8) is 0 Å². The van der Waals surface area contributed by atoms with Crippen LogP contribution >= 0.6 is 23.2 Å². The molecule has 0 aliphatic heterocycles. The van der Waals surface area contributed by atoms with Gasteiger partial charge in [-0.25, -0.2) is 18.2 Å². The zero-order chi connectivity index (χ0) is 22.1. The van der Waals surface area contributed by atoms with Crippen molar-refractivity contribution in [2.24, 2.45) is 0 Å². The highest BCUT2D eigenvalue weighted by atomic mass is 35.5. The number of halogens is 5. The van der Waals surface area contributed by atoms with Crippen LogP contribution in [0.5, 0.6) is 0 Å². The Morgan fingerprint density at radius 3 is 2.60 bits per heavy atom. The SMILES string of the molecule is CN(C(=O)c1nccc(CF)c1Cl)C(c1cccc(F)c1Cl)C1(O)CCC(F)CC1. The van der Waals surface area contributed by atoms with Gasteiger partial charge >= 0.3 is 0 Å². The molecule has 0 radical (unpaired) electrons. The molecule has 2 aromatic rings. The Morgan fingerprint density at radius 2 is 1.97 bits per heavy atom. The lowest BCUT2D eigenvalue weighted by Crippen LogP contribution is -2.49. The third-order valence-corrected chi connectivity index (χ3v) is 6.41. The average Bonchev–Trinajstić information content (AvgIpc) is 2.73. The molecule has 0 spiro atoms. The summed E-state index contributed by atoms with van der Waals surface area (Å²) in [5.74, 6) is -1.41. The molecule has 1 aliphatic rings. The summed E-state index contributed by atoms with van der Waals surface area (Å²) in [6.45, 7) is -0.883. The van der Waals surface area contributed by atoms with E-state index in [2.05, 4.69) is 4.98 Å². The van der Waals surface area contributed by atoms with Crippen molar-refractivity contribution in [2.45, 2.75) is 50.2 Å². The Bertz CT molecular complexity index is 936. The number of pyridine rings is 1. The Kier molecular flexibility index (Phi) is 6.95. The first-order valence-corrected chi connectivity index (χ1v) is 10.2. The zero-order valence-corrected chi connectivity index (χ0v) is 17.7. The maximum Gasteiger partial charge on any atom is 0.274 e. The number of aromatic nitrogens is 1. The molecule has 1 unspecified atom stereocenters. The van der Waals surface area contributed by atoms with Gasteiger partial charge in [-0.05, 0) is 43.4 Å². The highest BCUT2D eigenvalue weighted by Crippen LogP contribution is 2.45. The molecule has 1 N–H and O–H groups in total. The van der Waals surface area contributed by atoms with E-state index in [0.29, 0.717) is 0 Å². The predicted molar refractivity (Wildman–Crippen MR) is 109 cm³/mol. The summed E-state index contributed by atoms with van der Waals surface area (Å²) < 4.78 is 41.1. The lowest BCUT2D eigenvalue weighted by Gasteiger charge is -2.44. The monoisotopic (exact) mass is 460 g/mol. The number of aliphatic hydroxyl groups is 1. The summed E-state index contributed by atoms with van der Waals surface area (Å²) in [5.41, 5.74) is -1.46. The third kappa shape index (κ3) is 4.29. The zero-order valence-electron chi connectivity index (χ0n) is 16.2. The number of amides is 1. The minimum absolute atomic E-state index is 0.0506. The van der Waals surface area contributed by atoms with Crippen LogP contribution in [0.15, 0.2) is 30.5 Å². The van der Waals surface area contributed by atoms with Crippen molar-refractivity contribution in [2.75, 3.05) is 7.05 Å². The van der Waals surface area contributed by atoms with E-state index in [4.69, 9.17) is 23.2 Å². The van der Waals surface area contributed by atoms with E-state index >= 15 is 0 Å². The van der Waals surface area contributed by atoms with E-state index in [1.807, 2.05) is 0 Å². The largest absolute Gasteiger partial charge is 0.387 e. The second-order valence-electron chi connectivity index (χ2n) is 7.51. The molecule has 1 atom stereocenters. The number of alkyl halides is 2. The maximum absolute atomic E-state index is 14.2. The first-order chi connectivity index (χ1) is 14.2. The topological polar surface area (TPSA) is 53.4 Å².